The first-order valence-corrected chi connectivity index (χ1v) is 7.88. The van der Waals surface area contributed by atoms with Crippen LogP contribution >= 0.6 is 0 Å². The Labute approximate surface area is 125 Å². The molecule has 1 heterocycles. The number of ether oxygens (including phenoxy) is 1. The molecule has 0 radical (unpaired) electrons. The molecule has 6 nitrogen and oxygen atoms in total. The van der Waals surface area contributed by atoms with E-state index in [4.69, 9.17) is 4.74 Å². The van der Waals surface area contributed by atoms with Crippen LogP contribution in [0, 0.1) is 11.3 Å². The quantitative estimate of drug-likeness (QED) is 0.721. The molecule has 1 aliphatic carbocycles. The van der Waals surface area contributed by atoms with Gasteiger partial charge in [0.15, 0.2) is 0 Å². The highest BCUT2D eigenvalue weighted by atomic mass is 16.5. The van der Waals surface area contributed by atoms with Gasteiger partial charge in [-0.15, -0.1) is 0 Å². The molecule has 2 rings (SSSR count). The van der Waals surface area contributed by atoms with Crippen LogP contribution in [0.3, 0.4) is 0 Å². The molecule has 0 aromatic heterocycles. The number of carbonyl (C=O) groups excluding carboxylic acids is 1. The number of amides is 2. The third kappa shape index (κ3) is 4.33. The van der Waals surface area contributed by atoms with Crippen LogP contribution in [-0.2, 0) is 9.53 Å². The molecule has 0 aromatic carbocycles. The summed E-state index contributed by atoms with van der Waals surface area (Å²) >= 11 is 0. The number of nitrogens with one attached hydrogen (secondary N) is 2. The molecule has 1 saturated carbocycles. The van der Waals surface area contributed by atoms with Gasteiger partial charge in [0.1, 0.15) is 0 Å². The smallest absolute Gasteiger partial charge is 0.314 e. The number of carboxylic acids is 1. The SMILES string of the molecule is CC1CCC(CNC(=O)NCC2CCCO2)(C(=O)O)CC1. The summed E-state index contributed by atoms with van der Waals surface area (Å²) in [6.07, 6.45) is 5.19. The lowest BCUT2D eigenvalue weighted by Gasteiger charge is -2.35. The van der Waals surface area contributed by atoms with Crippen LogP contribution in [0.5, 0.6) is 0 Å². The lowest BCUT2D eigenvalue weighted by atomic mass is 9.71. The molecule has 21 heavy (non-hydrogen) atoms. The second-order valence-corrected chi connectivity index (χ2v) is 6.47. The average molecular weight is 298 g/mol. The summed E-state index contributed by atoms with van der Waals surface area (Å²) in [6, 6.07) is -0.301. The van der Waals surface area contributed by atoms with E-state index in [0.717, 1.165) is 32.3 Å². The van der Waals surface area contributed by atoms with Gasteiger partial charge in [-0.1, -0.05) is 6.92 Å². The Morgan fingerprint density at radius 2 is 1.95 bits per heavy atom. The van der Waals surface area contributed by atoms with Gasteiger partial charge in [-0.25, -0.2) is 4.79 Å². The lowest BCUT2D eigenvalue weighted by Crippen LogP contribution is -2.48. The summed E-state index contributed by atoms with van der Waals surface area (Å²) < 4.78 is 5.43. The Balaban J connectivity index is 1.76. The van der Waals surface area contributed by atoms with Gasteiger partial charge in [0.25, 0.3) is 0 Å². The highest BCUT2D eigenvalue weighted by Crippen LogP contribution is 2.38. The number of aliphatic carboxylic acids is 1. The fraction of sp³-hybridized carbons (Fsp3) is 0.867. The Morgan fingerprint density at radius 3 is 2.52 bits per heavy atom. The molecule has 0 bridgehead atoms. The van der Waals surface area contributed by atoms with Gasteiger partial charge >= 0.3 is 12.0 Å². The van der Waals surface area contributed by atoms with Crippen LogP contribution in [0.25, 0.3) is 0 Å². The number of urea groups is 1. The standard InChI is InChI=1S/C15H26N2O4/c1-11-4-6-15(7-5-11,13(18)19)10-17-14(20)16-9-12-3-2-8-21-12/h11-12H,2-10H2,1H3,(H,18,19)(H2,16,17,20). The zero-order valence-corrected chi connectivity index (χ0v) is 12.7. The molecule has 6 heteroatoms. The van der Waals surface area contributed by atoms with Gasteiger partial charge in [0.05, 0.1) is 11.5 Å². The largest absolute Gasteiger partial charge is 0.481 e. The molecule has 1 unspecified atom stereocenters. The molecule has 120 valence electrons. The van der Waals surface area contributed by atoms with Gasteiger partial charge in [-0.05, 0) is 44.4 Å². The maximum Gasteiger partial charge on any atom is 0.314 e. The Hall–Kier alpha value is -1.30. The van der Waals surface area contributed by atoms with Crippen LogP contribution in [0.2, 0.25) is 0 Å². The third-order valence-corrected chi connectivity index (χ3v) is 4.79. The predicted octanol–water partition coefficient (Wildman–Crippen LogP) is 1.75. The van der Waals surface area contributed by atoms with Crippen molar-refractivity contribution in [3.8, 4) is 0 Å². The van der Waals surface area contributed by atoms with Crippen LogP contribution < -0.4 is 10.6 Å². The van der Waals surface area contributed by atoms with Crippen LogP contribution in [0.15, 0.2) is 0 Å². The number of hydrogen-bond donors (Lipinski definition) is 3. The van der Waals surface area contributed by atoms with Crippen LogP contribution in [0.4, 0.5) is 4.79 Å². The van der Waals surface area contributed by atoms with Gasteiger partial charge in [0.2, 0.25) is 0 Å². The third-order valence-electron chi connectivity index (χ3n) is 4.79. The van der Waals surface area contributed by atoms with E-state index >= 15 is 0 Å². The average Bonchev–Trinajstić information content (AvgIpc) is 2.98. The first kappa shape index (κ1) is 16.1. The minimum atomic E-state index is -0.798. The minimum Gasteiger partial charge on any atom is -0.481 e. The van der Waals surface area contributed by atoms with Crippen molar-refractivity contribution in [2.75, 3.05) is 19.7 Å². The van der Waals surface area contributed by atoms with Crippen molar-refractivity contribution in [2.45, 2.75) is 51.6 Å². The van der Waals surface area contributed by atoms with Crippen molar-refractivity contribution in [2.24, 2.45) is 11.3 Å². The van der Waals surface area contributed by atoms with E-state index in [0.29, 0.717) is 25.3 Å². The van der Waals surface area contributed by atoms with E-state index in [1.165, 1.54) is 0 Å². The molecule has 0 spiro atoms. The van der Waals surface area contributed by atoms with Crippen molar-refractivity contribution in [3.05, 3.63) is 0 Å². The lowest BCUT2D eigenvalue weighted by molar-refractivity contribution is -0.151. The molecule has 1 saturated heterocycles. The van der Waals surface area contributed by atoms with Gasteiger partial charge in [-0.2, -0.15) is 0 Å². The van der Waals surface area contributed by atoms with Crippen LogP contribution in [0.1, 0.15) is 45.4 Å². The summed E-state index contributed by atoms with van der Waals surface area (Å²) in [5.74, 6) is -0.223. The second kappa shape index (κ2) is 7.11. The summed E-state index contributed by atoms with van der Waals surface area (Å²) in [5.41, 5.74) is -0.798. The predicted molar refractivity (Wildman–Crippen MR) is 78.1 cm³/mol. The molecule has 0 aromatic rings. The Kier molecular flexibility index (Phi) is 5.45. The highest BCUT2D eigenvalue weighted by molar-refractivity contribution is 5.78. The number of hydrogen-bond acceptors (Lipinski definition) is 3. The van der Waals surface area contributed by atoms with Crippen molar-refractivity contribution < 1.29 is 19.4 Å². The molecule has 2 fully saturated rings. The summed E-state index contributed by atoms with van der Waals surface area (Å²) in [6.45, 7) is 3.59. The molecule has 1 aliphatic heterocycles. The van der Waals surface area contributed by atoms with Crippen molar-refractivity contribution in [3.63, 3.8) is 0 Å². The van der Waals surface area contributed by atoms with Crippen molar-refractivity contribution >= 4 is 12.0 Å². The first-order chi connectivity index (χ1) is 10.0. The van der Waals surface area contributed by atoms with Gasteiger partial charge in [0, 0.05) is 19.7 Å². The molecule has 3 N–H and O–H groups in total. The summed E-state index contributed by atoms with van der Waals surface area (Å²) in [4.78, 5) is 23.4. The summed E-state index contributed by atoms with van der Waals surface area (Å²) in [7, 11) is 0. The van der Waals surface area contributed by atoms with Gasteiger partial charge in [-0.3, -0.25) is 4.79 Å². The molecular formula is C15H26N2O4. The van der Waals surface area contributed by atoms with E-state index in [9.17, 15) is 14.7 Å². The highest BCUT2D eigenvalue weighted by Gasteiger charge is 2.41. The first-order valence-electron chi connectivity index (χ1n) is 7.88. The Morgan fingerprint density at radius 1 is 1.24 bits per heavy atom. The maximum atomic E-state index is 11.8. The number of rotatable bonds is 5. The van der Waals surface area contributed by atoms with E-state index in [1.807, 2.05) is 0 Å². The minimum absolute atomic E-state index is 0.0970. The monoisotopic (exact) mass is 298 g/mol. The van der Waals surface area contributed by atoms with E-state index in [2.05, 4.69) is 17.6 Å². The van der Waals surface area contributed by atoms with Crippen molar-refractivity contribution in [1.29, 1.82) is 0 Å². The normalized spacial score (nSPS) is 32.6. The second-order valence-electron chi connectivity index (χ2n) is 6.47. The molecule has 2 amide bonds. The topological polar surface area (TPSA) is 87.7 Å². The number of carboxylic acid groups (broad SMARTS) is 1. The van der Waals surface area contributed by atoms with Gasteiger partial charge < -0.3 is 20.5 Å². The fourth-order valence-corrected chi connectivity index (χ4v) is 3.10. The summed E-state index contributed by atoms with van der Waals surface area (Å²) in [5, 5.41) is 15.0. The molecule has 1 atom stereocenters. The van der Waals surface area contributed by atoms with E-state index in [1.54, 1.807) is 0 Å². The van der Waals surface area contributed by atoms with E-state index in [-0.39, 0.29) is 18.7 Å². The fourth-order valence-electron chi connectivity index (χ4n) is 3.10. The Bertz CT molecular complexity index is 372. The maximum absolute atomic E-state index is 11.8. The molecule has 2 aliphatic rings. The van der Waals surface area contributed by atoms with Crippen molar-refractivity contribution in [1.82, 2.24) is 10.6 Å². The zero-order valence-electron chi connectivity index (χ0n) is 12.7. The number of carbonyl (C=O) groups is 2. The molecular weight excluding hydrogens is 272 g/mol. The zero-order chi connectivity index (χ0) is 15.3. The van der Waals surface area contributed by atoms with Crippen LogP contribution in [-0.4, -0.2) is 42.9 Å². The van der Waals surface area contributed by atoms with E-state index < -0.39 is 11.4 Å².